The summed E-state index contributed by atoms with van der Waals surface area (Å²) in [4.78, 5) is 16.3. The molecule has 0 spiro atoms. The van der Waals surface area contributed by atoms with Gasteiger partial charge in [-0.1, -0.05) is 36.3 Å². The van der Waals surface area contributed by atoms with E-state index < -0.39 is 17.5 Å². The Hall–Kier alpha value is -2.65. The first-order chi connectivity index (χ1) is 12.1. The summed E-state index contributed by atoms with van der Waals surface area (Å²) >= 11 is 0. The molecule has 0 saturated carbocycles. The van der Waals surface area contributed by atoms with Gasteiger partial charge >= 0.3 is 5.97 Å². The van der Waals surface area contributed by atoms with Gasteiger partial charge in [0.25, 0.3) is 0 Å². The summed E-state index contributed by atoms with van der Waals surface area (Å²) in [5, 5.41) is 0. The fourth-order valence-electron chi connectivity index (χ4n) is 2.92. The Bertz CT molecular complexity index is 789. The predicted molar refractivity (Wildman–Crippen MR) is 89.5 cm³/mol. The highest BCUT2D eigenvalue weighted by Gasteiger charge is 2.37. The minimum atomic E-state index is -1.06. The van der Waals surface area contributed by atoms with Gasteiger partial charge in [0.2, 0.25) is 5.95 Å². The van der Waals surface area contributed by atoms with Crippen LogP contribution in [0.4, 0.5) is 4.39 Å². The minimum Gasteiger partial charge on any atom is -0.441 e. The second kappa shape index (κ2) is 7.08. The van der Waals surface area contributed by atoms with E-state index in [1.807, 2.05) is 37.3 Å². The van der Waals surface area contributed by atoms with E-state index in [1.54, 1.807) is 0 Å². The molecule has 0 amide bonds. The Morgan fingerprint density at radius 2 is 2.08 bits per heavy atom. The largest absolute Gasteiger partial charge is 0.441 e. The highest BCUT2D eigenvalue weighted by molar-refractivity contribution is 5.88. The van der Waals surface area contributed by atoms with Crippen LogP contribution in [-0.4, -0.2) is 34.3 Å². The van der Waals surface area contributed by atoms with Gasteiger partial charge in [-0.3, -0.25) is 0 Å². The third kappa shape index (κ3) is 3.42. The van der Waals surface area contributed by atoms with E-state index in [0.29, 0.717) is 26.1 Å². The monoisotopic (exact) mass is 342 g/mol. The smallest absolute Gasteiger partial charge is 0.361 e. The number of benzene rings is 1. The lowest BCUT2D eigenvalue weighted by atomic mass is 9.95. The van der Waals surface area contributed by atoms with E-state index in [-0.39, 0.29) is 11.7 Å². The number of terminal acetylenes is 1. The Morgan fingerprint density at radius 1 is 1.40 bits per heavy atom. The molecule has 2 aromatic rings. The van der Waals surface area contributed by atoms with Crippen molar-refractivity contribution < 1.29 is 18.7 Å². The molecule has 130 valence electrons. The zero-order valence-corrected chi connectivity index (χ0v) is 13.9. The summed E-state index contributed by atoms with van der Waals surface area (Å²) < 4.78 is 26.5. The number of rotatable bonds is 4. The number of hydrogen-bond donors (Lipinski definition) is 0. The Balaban J connectivity index is 1.89. The van der Waals surface area contributed by atoms with E-state index in [9.17, 15) is 9.18 Å². The molecular weight excluding hydrogens is 323 g/mol. The Labute approximate surface area is 145 Å². The van der Waals surface area contributed by atoms with Crippen LogP contribution in [-0.2, 0) is 9.47 Å². The lowest BCUT2D eigenvalue weighted by molar-refractivity contribution is -0.0495. The fraction of sp³-hybridized carbons (Fsp3) is 0.368. The van der Waals surface area contributed by atoms with Crippen LogP contribution in [0.2, 0.25) is 0 Å². The van der Waals surface area contributed by atoms with Crippen molar-refractivity contribution in [3.05, 3.63) is 53.9 Å². The average Bonchev–Trinajstić information content (AvgIpc) is 3.04. The maximum Gasteiger partial charge on any atom is 0.361 e. The third-order valence-corrected chi connectivity index (χ3v) is 4.49. The molecule has 0 unspecified atom stereocenters. The highest BCUT2D eigenvalue weighted by atomic mass is 19.1. The van der Waals surface area contributed by atoms with Crippen LogP contribution in [0, 0.1) is 18.3 Å². The van der Waals surface area contributed by atoms with E-state index >= 15 is 0 Å². The molecule has 0 bridgehead atoms. The van der Waals surface area contributed by atoms with Gasteiger partial charge in [-0.15, -0.1) is 6.42 Å². The van der Waals surface area contributed by atoms with Crippen LogP contribution in [0.3, 0.4) is 0 Å². The zero-order chi connectivity index (χ0) is 17.9. The zero-order valence-electron chi connectivity index (χ0n) is 13.9. The quantitative estimate of drug-likeness (QED) is 0.633. The molecule has 1 aliphatic rings. The predicted octanol–water partition coefficient (Wildman–Crippen LogP) is 2.97. The molecule has 1 aliphatic heterocycles. The third-order valence-electron chi connectivity index (χ3n) is 4.49. The van der Waals surface area contributed by atoms with Gasteiger partial charge < -0.3 is 14.0 Å². The van der Waals surface area contributed by atoms with E-state index in [4.69, 9.17) is 15.9 Å². The molecule has 6 heteroatoms. The number of imidazole rings is 1. The van der Waals surface area contributed by atoms with Crippen molar-refractivity contribution in [2.24, 2.45) is 0 Å². The first-order valence-electron chi connectivity index (χ1n) is 8.12. The molecule has 1 saturated heterocycles. The van der Waals surface area contributed by atoms with Crippen molar-refractivity contribution in [1.29, 1.82) is 0 Å². The molecule has 0 N–H and O–H groups in total. The molecular formula is C19H19FN2O3. The molecule has 5 nitrogen and oxygen atoms in total. The Kier molecular flexibility index (Phi) is 4.86. The number of carbonyl (C=O) groups is 1. The second-order valence-corrected chi connectivity index (χ2v) is 6.02. The normalized spacial score (nSPS) is 17.5. The van der Waals surface area contributed by atoms with E-state index in [0.717, 1.165) is 5.56 Å². The van der Waals surface area contributed by atoms with E-state index in [1.165, 1.54) is 10.9 Å². The summed E-state index contributed by atoms with van der Waals surface area (Å²) in [6.07, 6.45) is 7.65. The number of ether oxygens (including phenoxy) is 2. The standard InChI is InChI=1S/C19H19FN2O3/c1-3-19(9-11-24-12-10-19)25-18(23)16-17(20)21-13-22(16)14(2)15-7-5-4-6-8-15/h1,4-8,13-14H,9-12H2,2H3/t14-/m1/s1. The SMILES string of the molecule is C#CC1(OC(=O)c2c(F)ncn2[C@H](C)c2ccccc2)CCOCC1. The Morgan fingerprint density at radius 3 is 2.72 bits per heavy atom. The number of hydrogen-bond acceptors (Lipinski definition) is 4. The van der Waals surface area contributed by atoms with Crippen LogP contribution in [0.5, 0.6) is 0 Å². The fourth-order valence-corrected chi connectivity index (χ4v) is 2.92. The second-order valence-electron chi connectivity index (χ2n) is 6.02. The van der Waals surface area contributed by atoms with Gasteiger partial charge in [0.05, 0.1) is 25.6 Å². The van der Waals surface area contributed by atoms with Crippen LogP contribution < -0.4 is 0 Å². The molecule has 2 heterocycles. The van der Waals surface area contributed by atoms with Crippen molar-refractivity contribution >= 4 is 5.97 Å². The lowest BCUT2D eigenvalue weighted by Crippen LogP contribution is -2.40. The first kappa shape index (κ1) is 17.2. The maximum absolute atomic E-state index is 14.2. The summed E-state index contributed by atoms with van der Waals surface area (Å²) in [6.45, 7) is 2.66. The lowest BCUT2D eigenvalue weighted by Gasteiger charge is -2.32. The van der Waals surface area contributed by atoms with Crippen LogP contribution in [0.15, 0.2) is 36.7 Å². The van der Waals surface area contributed by atoms with Gasteiger partial charge in [-0.05, 0) is 12.5 Å². The van der Waals surface area contributed by atoms with Crippen molar-refractivity contribution in [3.63, 3.8) is 0 Å². The number of carbonyl (C=O) groups excluding carboxylic acids is 1. The minimum absolute atomic E-state index is 0.225. The molecule has 1 aromatic heterocycles. The topological polar surface area (TPSA) is 53.3 Å². The van der Waals surface area contributed by atoms with Gasteiger partial charge in [-0.25, -0.2) is 9.78 Å². The average molecular weight is 342 g/mol. The first-order valence-corrected chi connectivity index (χ1v) is 8.12. The van der Waals surface area contributed by atoms with Gasteiger partial charge in [0, 0.05) is 12.8 Å². The van der Waals surface area contributed by atoms with Crippen LogP contribution in [0.25, 0.3) is 0 Å². The van der Waals surface area contributed by atoms with Gasteiger partial charge in [0.1, 0.15) is 0 Å². The van der Waals surface area contributed by atoms with Crippen molar-refractivity contribution in [2.75, 3.05) is 13.2 Å². The van der Waals surface area contributed by atoms with Crippen LogP contribution in [0.1, 0.15) is 41.9 Å². The molecule has 1 atom stereocenters. The number of nitrogens with zero attached hydrogens (tertiary/aromatic N) is 2. The summed E-state index contributed by atoms with van der Waals surface area (Å²) in [7, 11) is 0. The molecule has 1 fully saturated rings. The molecule has 25 heavy (non-hydrogen) atoms. The number of esters is 1. The van der Waals surface area contributed by atoms with Gasteiger partial charge in [-0.2, -0.15) is 4.39 Å². The van der Waals surface area contributed by atoms with Gasteiger partial charge in [0.15, 0.2) is 11.3 Å². The number of halogens is 1. The van der Waals surface area contributed by atoms with Crippen molar-refractivity contribution in [2.45, 2.75) is 31.4 Å². The maximum atomic E-state index is 14.2. The summed E-state index contributed by atoms with van der Waals surface area (Å²) in [5.74, 6) is 0.859. The molecule has 3 rings (SSSR count). The van der Waals surface area contributed by atoms with Crippen molar-refractivity contribution in [1.82, 2.24) is 9.55 Å². The highest BCUT2D eigenvalue weighted by Crippen LogP contribution is 2.28. The van der Waals surface area contributed by atoms with E-state index in [2.05, 4.69) is 10.9 Å². The van der Waals surface area contributed by atoms with Crippen molar-refractivity contribution in [3.8, 4) is 12.3 Å². The van der Waals surface area contributed by atoms with Crippen LogP contribution >= 0.6 is 0 Å². The molecule has 1 aromatic carbocycles. The molecule has 0 radical (unpaired) electrons. The summed E-state index contributed by atoms with van der Waals surface area (Å²) in [5.41, 5.74) is -0.364. The number of aromatic nitrogens is 2. The molecule has 0 aliphatic carbocycles. The summed E-state index contributed by atoms with van der Waals surface area (Å²) in [6, 6.07) is 9.18.